The minimum absolute atomic E-state index is 0.358. The first-order chi connectivity index (χ1) is 6.76. The van der Waals surface area contributed by atoms with Gasteiger partial charge in [-0.1, -0.05) is 0 Å². The van der Waals surface area contributed by atoms with Gasteiger partial charge in [0, 0.05) is 11.6 Å². The van der Waals surface area contributed by atoms with Gasteiger partial charge < -0.3 is 14.2 Å². The maximum Gasteiger partial charge on any atom is 0.165 e. The van der Waals surface area contributed by atoms with Crippen LogP contribution in [-0.4, -0.2) is 21.3 Å². The quantitative estimate of drug-likeness (QED) is 0.724. The summed E-state index contributed by atoms with van der Waals surface area (Å²) in [4.78, 5) is 0. The number of rotatable bonds is 4. The van der Waals surface area contributed by atoms with E-state index in [1.165, 1.54) is 0 Å². The second kappa shape index (κ2) is 4.96. The minimum Gasteiger partial charge on any atom is -0.497 e. The molecule has 1 aromatic rings. The molecule has 0 aliphatic rings. The molecule has 0 heterocycles. The van der Waals surface area contributed by atoms with Gasteiger partial charge in [-0.2, -0.15) is 0 Å². The second-order valence-electron chi connectivity index (χ2n) is 2.66. The lowest BCUT2D eigenvalue weighted by Gasteiger charge is -2.12. The molecule has 0 aliphatic heterocycles. The molecule has 0 spiro atoms. The molecule has 3 nitrogen and oxygen atoms in total. The molecule has 0 aromatic heterocycles. The summed E-state index contributed by atoms with van der Waals surface area (Å²) in [6.07, 6.45) is 0. The van der Waals surface area contributed by atoms with E-state index in [9.17, 15) is 0 Å². The first-order valence-corrected chi connectivity index (χ1v) is 4.65. The van der Waals surface area contributed by atoms with Crippen LogP contribution in [0, 0.1) is 0 Å². The molecule has 0 amide bonds. The molecule has 78 valence electrons. The summed E-state index contributed by atoms with van der Waals surface area (Å²) in [6.45, 7) is 0. The fraction of sp³-hybridized carbons (Fsp3) is 0.400. The van der Waals surface area contributed by atoms with Crippen LogP contribution < -0.4 is 14.2 Å². The molecule has 14 heavy (non-hydrogen) atoms. The van der Waals surface area contributed by atoms with E-state index in [1.54, 1.807) is 27.4 Å². The number of hydrogen-bond acceptors (Lipinski definition) is 3. The number of hydrogen-bond donors (Lipinski definition) is 0. The highest BCUT2D eigenvalue weighted by molar-refractivity contribution is 6.17. The lowest BCUT2D eigenvalue weighted by atomic mass is 10.2. The molecular weight excluding hydrogens is 204 g/mol. The van der Waals surface area contributed by atoms with Crippen LogP contribution in [0.2, 0.25) is 0 Å². The van der Waals surface area contributed by atoms with Crippen molar-refractivity contribution in [2.45, 2.75) is 5.88 Å². The zero-order chi connectivity index (χ0) is 10.6. The van der Waals surface area contributed by atoms with E-state index in [0.29, 0.717) is 23.1 Å². The monoisotopic (exact) mass is 216 g/mol. The fourth-order valence-corrected chi connectivity index (χ4v) is 1.43. The van der Waals surface area contributed by atoms with Crippen molar-refractivity contribution < 1.29 is 14.2 Å². The second-order valence-corrected chi connectivity index (χ2v) is 2.92. The SMILES string of the molecule is COc1cc(CCl)c(OC)c(OC)c1. The summed E-state index contributed by atoms with van der Waals surface area (Å²) in [5.41, 5.74) is 0.852. The van der Waals surface area contributed by atoms with Crippen LogP contribution in [0.1, 0.15) is 5.56 Å². The lowest BCUT2D eigenvalue weighted by molar-refractivity contribution is 0.346. The summed E-state index contributed by atoms with van der Waals surface area (Å²) in [5.74, 6) is 2.35. The normalized spacial score (nSPS) is 9.71. The molecule has 0 atom stereocenters. The highest BCUT2D eigenvalue weighted by Gasteiger charge is 2.11. The first-order valence-electron chi connectivity index (χ1n) is 4.11. The average Bonchev–Trinajstić information content (AvgIpc) is 2.26. The average molecular weight is 217 g/mol. The Labute approximate surface area is 88.5 Å². The Hall–Kier alpha value is -1.09. The zero-order valence-corrected chi connectivity index (χ0v) is 9.22. The largest absolute Gasteiger partial charge is 0.497 e. The number of alkyl halides is 1. The van der Waals surface area contributed by atoms with Crippen LogP contribution >= 0.6 is 11.6 Å². The van der Waals surface area contributed by atoms with Crippen molar-refractivity contribution in [1.82, 2.24) is 0 Å². The van der Waals surface area contributed by atoms with Crippen LogP contribution in [0.25, 0.3) is 0 Å². The standard InChI is InChI=1S/C10H13ClO3/c1-12-8-4-7(6-11)10(14-3)9(5-8)13-2/h4-5H,6H2,1-3H3. The van der Waals surface area contributed by atoms with E-state index in [2.05, 4.69) is 0 Å². The van der Waals surface area contributed by atoms with E-state index in [0.717, 1.165) is 5.56 Å². The van der Waals surface area contributed by atoms with E-state index >= 15 is 0 Å². The fourth-order valence-electron chi connectivity index (χ4n) is 1.23. The highest BCUT2D eigenvalue weighted by atomic mass is 35.5. The third kappa shape index (κ3) is 2.04. The summed E-state index contributed by atoms with van der Waals surface area (Å²) >= 11 is 5.78. The molecule has 0 bridgehead atoms. The van der Waals surface area contributed by atoms with Crippen LogP contribution in [0.15, 0.2) is 12.1 Å². The summed E-state index contributed by atoms with van der Waals surface area (Å²) in [6, 6.07) is 3.59. The first kappa shape index (κ1) is 11.0. The van der Waals surface area contributed by atoms with E-state index < -0.39 is 0 Å². The van der Waals surface area contributed by atoms with Crippen molar-refractivity contribution in [2.75, 3.05) is 21.3 Å². The van der Waals surface area contributed by atoms with Crippen LogP contribution in [0.3, 0.4) is 0 Å². The number of methoxy groups -OCH3 is 3. The van der Waals surface area contributed by atoms with Crippen LogP contribution in [0.4, 0.5) is 0 Å². The van der Waals surface area contributed by atoms with Crippen molar-refractivity contribution in [1.29, 1.82) is 0 Å². The van der Waals surface area contributed by atoms with Gasteiger partial charge in [-0.15, -0.1) is 11.6 Å². The Balaban J connectivity index is 3.24. The molecule has 0 aliphatic carbocycles. The lowest BCUT2D eigenvalue weighted by Crippen LogP contribution is -1.96. The van der Waals surface area contributed by atoms with Gasteiger partial charge in [0.05, 0.1) is 27.2 Å². The van der Waals surface area contributed by atoms with Crippen molar-refractivity contribution in [2.24, 2.45) is 0 Å². The van der Waals surface area contributed by atoms with Gasteiger partial charge in [-0.3, -0.25) is 0 Å². The smallest absolute Gasteiger partial charge is 0.165 e. The van der Waals surface area contributed by atoms with Crippen molar-refractivity contribution >= 4 is 11.6 Å². The Bertz CT molecular complexity index is 287. The van der Waals surface area contributed by atoms with Gasteiger partial charge in [-0.05, 0) is 6.07 Å². The van der Waals surface area contributed by atoms with Crippen LogP contribution in [0.5, 0.6) is 17.2 Å². The molecule has 1 rings (SSSR count). The molecule has 0 unspecified atom stereocenters. The van der Waals surface area contributed by atoms with E-state index in [-0.39, 0.29) is 0 Å². The third-order valence-corrected chi connectivity index (χ3v) is 2.20. The van der Waals surface area contributed by atoms with Gasteiger partial charge >= 0.3 is 0 Å². The zero-order valence-electron chi connectivity index (χ0n) is 8.46. The molecule has 0 saturated carbocycles. The Morgan fingerprint density at radius 3 is 2.21 bits per heavy atom. The Morgan fingerprint density at radius 1 is 1.07 bits per heavy atom. The summed E-state index contributed by atoms with van der Waals surface area (Å²) in [5, 5.41) is 0. The van der Waals surface area contributed by atoms with Gasteiger partial charge in [0.1, 0.15) is 5.75 Å². The predicted molar refractivity (Wildman–Crippen MR) is 55.7 cm³/mol. The van der Waals surface area contributed by atoms with Gasteiger partial charge in [0.15, 0.2) is 11.5 Å². The van der Waals surface area contributed by atoms with Crippen LogP contribution in [-0.2, 0) is 5.88 Å². The topological polar surface area (TPSA) is 27.7 Å². The molecule has 4 heteroatoms. The molecular formula is C10H13ClO3. The Kier molecular flexibility index (Phi) is 3.89. The van der Waals surface area contributed by atoms with Gasteiger partial charge in [0.25, 0.3) is 0 Å². The third-order valence-electron chi connectivity index (χ3n) is 1.91. The van der Waals surface area contributed by atoms with Crippen molar-refractivity contribution in [3.8, 4) is 17.2 Å². The van der Waals surface area contributed by atoms with E-state index in [1.807, 2.05) is 6.07 Å². The molecule has 0 radical (unpaired) electrons. The summed E-state index contributed by atoms with van der Waals surface area (Å²) in [7, 11) is 4.76. The molecule has 1 aromatic carbocycles. The predicted octanol–water partition coefficient (Wildman–Crippen LogP) is 2.45. The maximum absolute atomic E-state index is 5.78. The van der Waals surface area contributed by atoms with Gasteiger partial charge in [-0.25, -0.2) is 0 Å². The molecule has 0 N–H and O–H groups in total. The summed E-state index contributed by atoms with van der Waals surface area (Å²) < 4.78 is 15.5. The number of benzene rings is 1. The minimum atomic E-state index is 0.358. The maximum atomic E-state index is 5.78. The Morgan fingerprint density at radius 2 is 1.79 bits per heavy atom. The van der Waals surface area contributed by atoms with E-state index in [4.69, 9.17) is 25.8 Å². The van der Waals surface area contributed by atoms with Crippen molar-refractivity contribution in [3.05, 3.63) is 17.7 Å². The molecule has 0 saturated heterocycles. The van der Waals surface area contributed by atoms with Gasteiger partial charge in [0.2, 0.25) is 0 Å². The van der Waals surface area contributed by atoms with Crippen molar-refractivity contribution in [3.63, 3.8) is 0 Å². The highest BCUT2D eigenvalue weighted by Crippen LogP contribution is 2.36. The molecule has 0 fully saturated rings. The number of ether oxygens (including phenoxy) is 3. The number of halogens is 1.